The van der Waals surface area contributed by atoms with Crippen molar-refractivity contribution in [2.45, 2.75) is 46.2 Å². The van der Waals surface area contributed by atoms with Crippen LogP contribution in [0.4, 0.5) is 6.01 Å². The highest BCUT2D eigenvalue weighted by atomic mass is 16.4. The lowest BCUT2D eigenvalue weighted by molar-refractivity contribution is 0.413. The second kappa shape index (κ2) is 5.54. The normalized spacial score (nSPS) is 18.0. The Morgan fingerprint density at radius 1 is 1.47 bits per heavy atom. The van der Waals surface area contributed by atoms with E-state index in [0.29, 0.717) is 6.04 Å². The number of anilines is 1. The van der Waals surface area contributed by atoms with Crippen molar-refractivity contribution < 1.29 is 4.42 Å². The molecule has 0 radical (unpaired) electrons. The quantitative estimate of drug-likeness (QED) is 0.873. The van der Waals surface area contributed by atoms with Gasteiger partial charge in [-0.2, -0.15) is 4.98 Å². The molecule has 1 aromatic rings. The van der Waals surface area contributed by atoms with Crippen LogP contribution in [0.2, 0.25) is 0 Å². The molecule has 0 atom stereocenters. The van der Waals surface area contributed by atoms with E-state index >= 15 is 0 Å². The molecule has 1 aliphatic heterocycles. The number of rotatable bonds is 4. The van der Waals surface area contributed by atoms with Gasteiger partial charge in [-0.25, -0.2) is 0 Å². The molecule has 1 N–H and O–H groups in total. The minimum atomic E-state index is 0.478. The second-order valence-electron chi connectivity index (χ2n) is 5.33. The third kappa shape index (κ3) is 3.46. The maximum Gasteiger partial charge on any atom is 0.297 e. The van der Waals surface area contributed by atoms with Gasteiger partial charge in [-0.05, 0) is 18.8 Å². The summed E-state index contributed by atoms with van der Waals surface area (Å²) in [7, 11) is 0. The Labute approximate surface area is 103 Å². The molecule has 0 aliphatic carbocycles. The minimum absolute atomic E-state index is 0.478. The van der Waals surface area contributed by atoms with Crippen molar-refractivity contribution in [1.82, 2.24) is 10.3 Å². The van der Waals surface area contributed by atoms with E-state index in [1.807, 2.05) is 0 Å². The summed E-state index contributed by atoms with van der Waals surface area (Å²) in [6, 6.07) is 1.27. The van der Waals surface area contributed by atoms with Gasteiger partial charge < -0.3 is 14.6 Å². The first-order valence-electron chi connectivity index (χ1n) is 6.58. The molecule has 0 spiro atoms. The topological polar surface area (TPSA) is 41.3 Å². The highest BCUT2D eigenvalue weighted by Crippen LogP contribution is 2.22. The Morgan fingerprint density at radius 2 is 2.18 bits per heavy atom. The van der Waals surface area contributed by atoms with E-state index in [9.17, 15) is 0 Å². The Morgan fingerprint density at radius 3 is 2.82 bits per heavy atom. The van der Waals surface area contributed by atoms with Crippen molar-refractivity contribution in [3.8, 4) is 0 Å². The van der Waals surface area contributed by atoms with Crippen molar-refractivity contribution in [2.75, 3.05) is 18.0 Å². The Balaban J connectivity index is 1.89. The minimum Gasteiger partial charge on any atom is -0.432 e. The van der Waals surface area contributed by atoms with Crippen LogP contribution >= 0.6 is 0 Å². The second-order valence-corrected chi connectivity index (χ2v) is 5.33. The zero-order valence-electron chi connectivity index (χ0n) is 11.1. The number of oxazole rings is 1. The van der Waals surface area contributed by atoms with Gasteiger partial charge in [-0.15, -0.1) is 0 Å². The summed E-state index contributed by atoms with van der Waals surface area (Å²) < 4.78 is 5.55. The molecule has 4 heteroatoms. The maximum absolute atomic E-state index is 5.55. The summed E-state index contributed by atoms with van der Waals surface area (Å²) in [6.45, 7) is 9.49. The van der Waals surface area contributed by atoms with E-state index in [0.717, 1.165) is 37.3 Å². The van der Waals surface area contributed by atoms with Crippen molar-refractivity contribution in [2.24, 2.45) is 5.92 Å². The van der Waals surface area contributed by atoms with Crippen LogP contribution in [0.5, 0.6) is 0 Å². The molecule has 1 saturated heterocycles. The zero-order chi connectivity index (χ0) is 12.3. The first-order chi connectivity index (χ1) is 8.15. The molecular weight excluding hydrogens is 214 g/mol. The Hall–Kier alpha value is -1.03. The lowest BCUT2D eigenvalue weighted by Gasteiger charge is -2.28. The summed E-state index contributed by atoms with van der Waals surface area (Å²) in [5, 5.41) is 3.34. The summed E-state index contributed by atoms with van der Waals surface area (Å²) in [6.07, 6.45) is 4.24. The van der Waals surface area contributed by atoms with Crippen molar-refractivity contribution in [3.05, 3.63) is 12.0 Å². The van der Waals surface area contributed by atoms with E-state index in [-0.39, 0.29) is 0 Å². The van der Waals surface area contributed by atoms with Gasteiger partial charge in [0.15, 0.2) is 0 Å². The van der Waals surface area contributed by atoms with E-state index in [1.54, 1.807) is 6.26 Å². The van der Waals surface area contributed by atoms with Gasteiger partial charge >= 0.3 is 0 Å². The summed E-state index contributed by atoms with van der Waals surface area (Å²) in [5.74, 6) is 0.836. The van der Waals surface area contributed by atoms with Gasteiger partial charge in [0, 0.05) is 25.7 Å². The predicted molar refractivity (Wildman–Crippen MR) is 69.1 cm³/mol. The molecule has 1 fully saturated rings. The molecule has 17 heavy (non-hydrogen) atoms. The van der Waals surface area contributed by atoms with Crippen molar-refractivity contribution in [1.29, 1.82) is 0 Å². The van der Waals surface area contributed by atoms with Gasteiger partial charge in [-0.3, -0.25) is 0 Å². The van der Waals surface area contributed by atoms with Gasteiger partial charge in [0.2, 0.25) is 0 Å². The lowest BCUT2D eigenvalue weighted by atomic mass is 10.00. The van der Waals surface area contributed by atoms with Crippen molar-refractivity contribution in [3.63, 3.8) is 0 Å². The van der Waals surface area contributed by atoms with Crippen LogP contribution in [0.1, 0.15) is 39.3 Å². The number of piperidine rings is 1. The predicted octanol–water partition coefficient (Wildman–Crippen LogP) is 2.41. The van der Waals surface area contributed by atoms with E-state index in [2.05, 4.69) is 36.0 Å². The number of aromatic nitrogens is 1. The molecule has 0 saturated carbocycles. The molecule has 96 valence electrons. The van der Waals surface area contributed by atoms with Crippen LogP contribution in [0.25, 0.3) is 0 Å². The molecule has 2 rings (SSSR count). The number of nitrogens with one attached hydrogen (secondary N) is 1. The van der Waals surface area contributed by atoms with E-state index in [4.69, 9.17) is 4.42 Å². The smallest absolute Gasteiger partial charge is 0.297 e. The average Bonchev–Trinajstić information content (AvgIpc) is 2.76. The maximum atomic E-state index is 5.55. The van der Waals surface area contributed by atoms with Crippen LogP contribution in [0.3, 0.4) is 0 Å². The van der Waals surface area contributed by atoms with Crippen LogP contribution in [0.15, 0.2) is 10.7 Å². The monoisotopic (exact) mass is 237 g/mol. The van der Waals surface area contributed by atoms with Crippen LogP contribution < -0.4 is 10.2 Å². The van der Waals surface area contributed by atoms with Crippen LogP contribution in [-0.2, 0) is 6.54 Å². The van der Waals surface area contributed by atoms with Crippen LogP contribution in [0, 0.1) is 5.92 Å². The SMILES string of the molecule is CC1CCN(c2nc(CNC(C)C)co2)CC1. The fraction of sp³-hybridized carbons (Fsp3) is 0.769. The molecule has 0 aromatic carbocycles. The first-order valence-corrected chi connectivity index (χ1v) is 6.58. The molecule has 1 aliphatic rings. The van der Waals surface area contributed by atoms with Gasteiger partial charge in [0.1, 0.15) is 6.26 Å². The van der Waals surface area contributed by atoms with E-state index in [1.165, 1.54) is 12.8 Å². The molecule has 0 amide bonds. The highest BCUT2D eigenvalue weighted by Gasteiger charge is 2.19. The third-order valence-electron chi connectivity index (χ3n) is 3.29. The Bertz CT molecular complexity index is 340. The molecule has 0 bridgehead atoms. The molecular formula is C13H23N3O. The fourth-order valence-corrected chi connectivity index (χ4v) is 2.03. The zero-order valence-corrected chi connectivity index (χ0v) is 11.1. The van der Waals surface area contributed by atoms with Crippen LogP contribution in [-0.4, -0.2) is 24.1 Å². The summed E-state index contributed by atoms with van der Waals surface area (Å²) in [5.41, 5.74) is 0.993. The highest BCUT2D eigenvalue weighted by molar-refractivity contribution is 5.27. The van der Waals surface area contributed by atoms with Gasteiger partial charge in [0.05, 0.1) is 5.69 Å². The molecule has 4 nitrogen and oxygen atoms in total. The fourth-order valence-electron chi connectivity index (χ4n) is 2.03. The number of hydrogen-bond donors (Lipinski definition) is 1. The number of hydrogen-bond acceptors (Lipinski definition) is 4. The third-order valence-corrected chi connectivity index (χ3v) is 3.29. The van der Waals surface area contributed by atoms with E-state index < -0.39 is 0 Å². The first kappa shape index (κ1) is 12.4. The molecule has 0 unspecified atom stereocenters. The molecule has 1 aromatic heterocycles. The lowest BCUT2D eigenvalue weighted by Crippen LogP contribution is -2.33. The van der Waals surface area contributed by atoms with Gasteiger partial charge in [0.25, 0.3) is 6.01 Å². The van der Waals surface area contributed by atoms with Gasteiger partial charge in [-0.1, -0.05) is 20.8 Å². The number of nitrogens with zero attached hydrogens (tertiary/aromatic N) is 2. The largest absolute Gasteiger partial charge is 0.432 e. The summed E-state index contributed by atoms with van der Waals surface area (Å²) >= 11 is 0. The summed E-state index contributed by atoms with van der Waals surface area (Å²) in [4.78, 5) is 6.78. The molecule has 2 heterocycles. The average molecular weight is 237 g/mol. The Kier molecular flexibility index (Phi) is 4.05. The standard InChI is InChI=1S/C13H23N3O/c1-10(2)14-8-12-9-17-13(15-12)16-6-4-11(3)5-7-16/h9-11,14H,4-8H2,1-3H3. The van der Waals surface area contributed by atoms with Crippen molar-refractivity contribution >= 4 is 6.01 Å².